The van der Waals surface area contributed by atoms with Crippen LogP contribution in [0.3, 0.4) is 0 Å². The van der Waals surface area contributed by atoms with E-state index in [0.29, 0.717) is 13.2 Å². The van der Waals surface area contributed by atoms with Gasteiger partial charge >= 0.3 is 5.97 Å². The Morgan fingerprint density at radius 1 is 1.52 bits per heavy atom. The molecule has 0 atom stereocenters. The molecule has 0 unspecified atom stereocenters. The third-order valence-corrected chi connectivity index (χ3v) is 5.77. The van der Waals surface area contributed by atoms with Gasteiger partial charge in [0.05, 0.1) is 28.7 Å². The van der Waals surface area contributed by atoms with Gasteiger partial charge in [0.25, 0.3) is 0 Å². The number of carboxylic acid groups (broad SMARTS) is 1. The van der Waals surface area contributed by atoms with Crippen molar-refractivity contribution < 1.29 is 23.1 Å². The molecule has 0 bridgehead atoms. The second kappa shape index (κ2) is 5.85. The van der Waals surface area contributed by atoms with Gasteiger partial charge in [-0.1, -0.05) is 18.5 Å². The van der Waals surface area contributed by atoms with Crippen LogP contribution in [0.15, 0.2) is 21.5 Å². The maximum atomic E-state index is 12.2. The van der Waals surface area contributed by atoms with Crippen molar-refractivity contribution in [3.63, 3.8) is 0 Å². The SMILES string of the molecule is CC1(CNS(=O)(=O)c2cc(Br)c(Cl)c(C(=O)O)c2)COC1. The number of hydrogen-bond donors (Lipinski definition) is 2. The van der Waals surface area contributed by atoms with Crippen LogP contribution in [0.4, 0.5) is 0 Å². The predicted molar refractivity (Wildman–Crippen MR) is 80.2 cm³/mol. The molecule has 21 heavy (non-hydrogen) atoms. The molecule has 1 heterocycles. The number of sulfonamides is 1. The van der Waals surface area contributed by atoms with Crippen molar-refractivity contribution in [3.8, 4) is 0 Å². The van der Waals surface area contributed by atoms with Crippen molar-refractivity contribution in [2.75, 3.05) is 19.8 Å². The number of ether oxygens (including phenoxy) is 1. The van der Waals surface area contributed by atoms with E-state index in [-0.39, 0.29) is 31.9 Å². The van der Waals surface area contributed by atoms with E-state index in [4.69, 9.17) is 21.4 Å². The van der Waals surface area contributed by atoms with Gasteiger partial charge in [-0.3, -0.25) is 0 Å². The van der Waals surface area contributed by atoms with E-state index in [9.17, 15) is 13.2 Å². The number of aromatic carboxylic acids is 1. The fourth-order valence-electron chi connectivity index (χ4n) is 1.78. The summed E-state index contributed by atoms with van der Waals surface area (Å²) in [6.45, 7) is 3.10. The van der Waals surface area contributed by atoms with Crippen LogP contribution < -0.4 is 4.72 Å². The van der Waals surface area contributed by atoms with Crippen LogP contribution in [0.5, 0.6) is 0 Å². The number of carbonyl (C=O) groups is 1. The highest BCUT2D eigenvalue weighted by molar-refractivity contribution is 9.10. The Balaban J connectivity index is 2.29. The van der Waals surface area contributed by atoms with Crippen LogP contribution >= 0.6 is 27.5 Å². The van der Waals surface area contributed by atoms with E-state index in [1.54, 1.807) is 0 Å². The summed E-state index contributed by atoms with van der Waals surface area (Å²) < 4.78 is 32.2. The molecule has 1 aliphatic heterocycles. The fourth-order valence-corrected chi connectivity index (χ4v) is 3.83. The van der Waals surface area contributed by atoms with Crippen LogP contribution in [-0.4, -0.2) is 39.3 Å². The molecule has 1 aromatic rings. The first-order chi connectivity index (χ1) is 9.65. The van der Waals surface area contributed by atoms with Crippen molar-refractivity contribution >= 4 is 43.5 Å². The minimum absolute atomic E-state index is 0.0409. The number of carboxylic acids is 1. The summed E-state index contributed by atoms with van der Waals surface area (Å²) in [5.41, 5.74) is -0.503. The molecular weight excluding hydrogens is 386 g/mol. The van der Waals surface area contributed by atoms with E-state index < -0.39 is 16.0 Å². The van der Waals surface area contributed by atoms with Gasteiger partial charge in [-0.05, 0) is 28.1 Å². The number of rotatable bonds is 5. The minimum atomic E-state index is -3.82. The Bertz CT molecular complexity index is 687. The highest BCUT2D eigenvalue weighted by Crippen LogP contribution is 2.30. The molecule has 116 valence electrons. The van der Waals surface area contributed by atoms with Gasteiger partial charge in [-0.15, -0.1) is 0 Å². The van der Waals surface area contributed by atoms with E-state index >= 15 is 0 Å². The van der Waals surface area contributed by atoms with Gasteiger partial charge in [-0.25, -0.2) is 17.9 Å². The minimum Gasteiger partial charge on any atom is -0.478 e. The number of halogens is 2. The Labute approximate surface area is 135 Å². The zero-order valence-electron chi connectivity index (χ0n) is 11.0. The molecule has 0 amide bonds. The van der Waals surface area contributed by atoms with Crippen LogP contribution in [-0.2, 0) is 14.8 Å². The third-order valence-electron chi connectivity index (χ3n) is 3.13. The fraction of sp³-hybridized carbons (Fsp3) is 0.417. The van der Waals surface area contributed by atoms with Crippen molar-refractivity contribution in [3.05, 3.63) is 27.2 Å². The molecule has 2 rings (SSSR count). The average Bonchev–Trinajstić information content (AvgIpc) is 2.36. The van der Waals surface area contributed by atoms with Crippen molar-refractivity contribution in [1.29, 1.82) is 0 Å². The third kappa shape index (κ3) is 3.57. The molecule has 1 fully saturated rings. The molecule has 1 aromatic carbocycles. The highest BCUT2D eigenvalue weighted by Gasteiger charge is 2.34. The van der Waals surface area contributed by atoms with Crippen molar-refractivity contribution in [2.45, 2.75) is 11.8 Å². The standard InChI is InChI=1S/C12H13BrClNO5S/c1-12(5-20-6-12)4-15-21(18,19)7-2-8(11(16)17)10(14)9(13)3-7/h2-3,15H,4-6H2,1H3,(H,16,17). The highest BCUT2D eigenvalue weighted by atomic mass is 79.9. The van der Waals surface area contributed by atoms with Crippen LogP contribution in [0.2, 0.25) is 5.02 Å². The molecule has 0 radical (unpaired) electrons. The molecule has 0 aliphatic carbocycles. The monoisotopic (exact) mass is 397 g/mol. The predicted octanol–water partition coefficient (Wildman–Crippen LogP) is 2.12. The second-order valence-electron chi connectivity index (χ2n) is 5.20. The molecule has 1 saturated heterocycles. The Hall–Kier alpha value is -0.670. The van der Waals surface area contributed by atoms with Crippen LogP contribution in [0, 0.1) is 5.41 Å². The molecule has 0 spiro atoms. The topological polar surface area (TPSA) is 92.7 Å². The summed E-state index contributed by atoms with van der Waals surface area (Å²) in [5.74, 6) is -1.29. The Morgan fingerprint density at radius 3 is 2.62 bits per heavy atom. The molecule has 2 N–H and O–H groups in total. The van der Waals surface area contributed by atoms with E-state index in [1.807, 2.05) is 6.92 Å². The first-order valence-electron chi connectivity index (χ1n) is 5.94. The Morgan fingerprint density at radius 2 is 2.14 bits per heavy atom. The quantitative estimate of drug-likeness (QED) is 0.792. The van der Waals surface area contributed by atoms with E-state index in [2.05, 4.69) is 20.7 Å². The average molecular weight is 399 g/mol. The van der Waals surface area contributed by atoms with Crippen LogP contribution in [0.1, 0.15) is 17.3 Å². The van der Waals surface area contributed by atoms with Gasteiger partial charge in [0, 0.05) is 16.4 Å². The summed E-state index contributed by atoms with van der Waals surface area (Å²) in [6.07, 6.45) is 0. The lowest BCUT2D eigenvalue weighted by Crippen LogP contribution is -2.48. The van der Waals surface area contributed by atoms with Crippen molar-refractivity contribution in [2.24, 2.45) is 5.41 Å². The number of benzene rings is 1. The van der Waals surface area contributed by atoms with Gasteiger partial charge in [0.1, 0.15) is 0 Å². The molecule has 0 aromatic heterocycles. The number of hydrogen-bond acceptors (Lipinski definition) is 4. The summed E-state index contributed by atoms with van der Waals surface area (Å²) in [5, 5.41) is 9.01. The number of nitrogens with one attached hydrogen (secondary N) is 1. The van der Waals surface area contributed by atoms with Crippen molar-refractivity contribution in [1.82, 2.24) is 4.72 Å². The molecule has 6 nitrogen and oxygen atoms in total. The zero-order chi connectivity index (χ0) is 15.8. The lowest BCUT2D eigenvalue weighted by molar-refractivity contribution is -0.0965. The summed E-state index contributed by atoms with van der Waals surface area (Å²) in [7, 11) is -3.82. The van der Waals surface area contributed by atoms with Gasteiger partial charge < -0.3 is 9.84 Å². The summed E-state index contributed by atoms with van der Waals surface area (Å²) >= 11 is 8.90. The zero-order valence-corrected chi connectivity index (χ0v) is 14.2. The van der Waals surface area contributed by atoms with E-state index in [1.165, 1.54) is 6.07 Å². The molecule has 1 aliphatic rings. The maximum absolute atomic E-state index is 12.2. The largest absolute Gasteiger partial charge is 0.478 e. The maximum Gasteiger partial charge on any atom is 0.337 e. The first-order valence-corrected chi connectivity index (χ1v) is 8.60. The molecule has 0 saturated carbocycles. The lowest BCUT2D eigenvalue weighted by Gasteiger charge is -2.37. The van der Waals surface area contributed by atoms with Crippen LogP contribution in [0.25, 0.3) is 0 Å². The summed E-state index contributed by atoms with van der Waals surface area (Å²) in [4.78, 5) is 10.9. The summed E-state index contributed by atoms with van der Waals surface area (Å²) in [6, 6.07) is 2.31. The molecule has 9 heteroatoms. The molecular formula is C12H13BrClNO5S. The smallest absolute Gasteiger partial charge is 0.337 e. The van der Waals surface area contributed by atoms with Gasteiger partial charge in [-0.2, -0.15) is 0 Å². The first kappa shape index (κ1) is 16.7. The second-order valence-corrected chi connectivity index (χ2v) is 8.20. The lowest BCUT2D eigenvalue weighted by atomic mass is 9.89. The van der Waals surface area contributed by atoms with Gasteiger partial charge in [0.15, 0.2) is 0 Å². The normalized spacial score (nSPS) is 17.3. The van der Waals surface area contributed by atoms with Gasteiger partial charge in [0.2, 0.25) is 10.0 Å². The van der Waals surface area contributed by atoms with E-state index in [0.717, 1.165) is 6.07 Å². The Kier molecular flexibility index (Phi) is 4.65.